The minimum atomic E-state index is -0.425. The Bertz CT molecular complexity index is 1460. The Labute approximate surface area is 251 Å². The molecule has 1 atom stereocenters. The van der Waals surface area contributed by atoms with Crippen molar-refractivity contribution in [2.24, 2.45) is 0 Å². The van der Waals surface area contributed by atoms with E-state index in [1.54, 1.807) is 28.0 Å². The van der Waals surface area contributed by atoms with Gasteiger partial charge in [0, 0.05) is 81.3 Å². The van der Waals surface area contributed by atoms with E-state index in [-0.39, 0.29) is 40.3 Å². The number of halogens is 2. The molecule has 2 amide bonds. The van der Waals surface area contributed by atoms with Gasteiger partial charge in [-0.05, 0) is 43.3 Å². The van der Waals surface area contributed by atoms with Gasteiger partial charge in [0.2, 0.25) is 5.91 Å². The van der Waals surface area contributed by atoms with Gasteiger partial charge < -0.3 is 19.6 Å². The van der Waals surface area contributed by atoms with E-state index in [9.17, 15) is 24.1 Å². The number of hydrogen-bond donors (Lipinski definition) is 0. The summed E-state index contributed by atoms with van der Waals surface area (Å²) < 4.78 is 13.3. The zero-order chi connectivity index (χ0) is 29.8. The van der Waals surface area contributed by atoms with Crippen molar-refractivity contribution in [3.05, 3.63) is 81.2 Å². The van der Waals surface area contributed by atoms with Gasteiger partial charge in [0.15, 0.2) is 5.16 Å². The van der Waals surface area contributed by atoms with Crippen LogP contribution in [-0.4, -0.2) is 94.1 Å². The third kappa shape index (κ3) is 6.90. The lowest BCUT2D eigenvalue weighted by Crippen LogP contribution is -2.54. The molecule has 0 saturated carbocycles. The summed E-state index contributed by atoms with van der Waals surface area (Å²) in [6.07, 6.45) is 0. The van der Waals surface area contributed by atoms with E-state index in [4.69, 9.17) is 11.6 Å². The summed E-state index contributed by atoms with van der Waals surface area (Å²) in [5.41, 5.74) is 1.37. The maximum absolute atomic E-state index is 13.3. The lowest BCUT2D eigenvalue weighted by atomic mass is 10.1. The molecule has 1 unspecified atom stereocenters. The molecule has 2 fully saturated rings. The first-order chi connectivity index (χ1) is 20.2. The lowest BCUT2D eigenvalue weighted by molar-refractivity contribution is -0.384. The van der Waals surface area contributed by atoms with Crippen LogP contribution in [-0.2, 0) is 4.79 Å². The molecule has 220 valence electrons. The summed E-state index contributed by atoms with van der Waals surface area (Å²) in [5.74, 6) is 0.222. The fraction of sp³-hybridized carbons (Fsp3) is 0.357. The molecule has 2 aliphatic rings. The fourth-order valence-electron chi connectivity index (χ4n) is 5.05. The first kappa shape index (κ1) is 29.5. The molecule has 5 rings (SSSR count). The van der Waals surface area contributed by atoms with Crippen molar-refractivity contribution < 1.29 is 18.9 Å². The van der Waals surface area contributed by atoms with Crippen molar-refractivity contribution in [1.82, 2.24) is 19.8 Å². The van der Waals surface area contributed by atoms with Crippen LogP contribution in [0.25, 0.3) is 0 Å². The number of aromatic nitrogens is 2. The molecule has 3 aromatic rings. The normalized spacial score (nSPS) is 17.4. The summed E-state index contributed by atoms with van der Waals surface area (Å²) in [6, 6.07) is 13.5. The SMILES string of the molecule is CC1CN(c2cc(Cl)nc(SCC(=O)N3CCN(c4ccc([N+](=O)[O-])cc4)CC3)n2)CCN1C(=O)c1ccc(F)cc1. The molecule has 3 heterocycles. The Morgan fingerprint density at radius 3 is 2.31 bits per heavy atom. The van der Waals surface area contributed by atoms with Crippen molar-refractivity contribution in [1.29, 1.82) is 0 Å². The number of nitrogens with zero attached hydrogens (tertiary/aromatic N) is 7. The number of carbonyl (C=O) groups is 2. The van der Waals surface area contributed by atoms with E-state index in [2.05, 4.69) is 14.9 Å². The Kier molecular flexibility index (Phi) is 9.07. The average molecular weight is 614 g/mol. The van der Waals surface area contributed by atoms with Crippen LogP contribution in [0.3, 0.4) is 0 Å². The molecule has 2 saturated heterocycles. The predicted octanol–water partition coefficient (Wildman–Crippen LogP) is 3.97. The third-order valence-electron chi connectivity index (χ3n) is 7.35. The Morgan fingerprint density at radius 1 is 1.00 bits per heavy atom. The van der Waals surface area contributed by atoms with Crippen molar-refractivity contribution in [3.63, 3.8) is 0 Å². The highest BCUT2D eigenvalue weighted by Crippen LogP contribution is 2.26. The van der Waals surface area contributed by atoms with Crippen LogP contribution in [0, 0.1) is 15.9 Å². The van der Waals surface area contributed by atoms with Gasteiger partial charge >= 0.3 is 0 Å². The summed E-state index contributed by atoms with van der Waals surface area (Å²) in [6.45, 7) is 5.81. The number of benzene rings is 2. The summed E-state index contributed by atoms with van der Waals surface area (Å²) >= 11 is 7.54. The molecule has 11 nitrogen and oxygen atoms in total. The standard InChI is InChI=1S/C28H29ClFN7O4S/c1-19-17-35(14-15-36(19)27(39)20-2-4-21(30)5-3-20)25-16-24(29)31-28(32-25)42-18-26(38)34-12-10-33(11-13-34)22-6-8-23(9-7-22)37(40)41/h2-9,16,19H,10-15,17-18H2,1H3. The Hall–Kier alpha value is -3.97. The average Bonchev–Trinajstić information content (AvgIpc) is 2.99. The number of carbonyl (C=O) groups excluding carboxylic acids is 2. The first-order valence-electron chi connectivity index (χ1n) is 13.4. The second-order valence-corrected chi connectivity index (χ2v) is 11.4. The maximum atomic E-state index is 13.3. The maximum Gasteiger partial charge on any atom is 0.269 e. The summed E-state index contributed by atoms with van der Waals surface area (Å²) in [4.78, 5) is 53.0. The monoisotopic (exact) mass is 613 g/mol. The van der Waals surface area contributed by atoms with Crippen LogP contribution in [0.5, 0.6) is 0 Å². The van der Waals surface area contributed by atoms with Crippen LogP contribution < -0.4 is 9.80 Å². The minimum absolute atomic E-state index is 0.0324. The highest BCUT2D eigenvalue weighted by Gasteiger charge is 2.29. The molecule has 2 aliphatic heterocycles. The highest BCUT2D eigenvalue weighted by atomic mass is 35.5. The number of hydrogen-bond acceptors (Lipinski definition) is 9. The largest absolute Gasteiger partial charge is 0.368 e. The van der Waals surface area contributed by atoms with Crippen molar-refractivity contribution in [2.75, 3.05) is 61.4 Å². The predicted molar refractivity (Wildman–Crippen MR) is 159 cm³/mol. The van der Waals surface area contributed by atoms with Gasteiger partial charge in [0.05, 0.1) is 10.7 Å². The summed E-state index contributed by atoms with van der Waals surface area (Å²) in [7, 11) is 0. The molecular weight excluding hydrogens is 585 g/mol. The van der Waals surface area contributed by atoms with Crippen molar-refractivity contribution >= 4 is 52.4 Å². The zero-order valence-electron chi connectivity index (χ0n) is 22.9. The third-order valence-corrected chi connectivity index (χ3v) is 8.37. The van der Waals surface area contributed by atoms with Gasteiger partial charge in [-0.3, -0.25) is 19.7 Å². The van der Waals surface area contributed by atoms with E-state index in [0.717, 1.165) is 5.69 Å². The van der Waals surface area contributed by atoms with Crippen LogP contribution in [0.15, 0.2) is 59.8 Å². The number of non-ortho nitro benzene ring substituents is 1. The van der Waals surface area contributed by atoms with E-state index < -0.39 is 4.92 Å². The van der Waals surface area contributed by atoms with E-state index >= 15 is 0 Å². The number of piperazine rings is 2. The van der Waals surface area contributed by atoms with Crippen LogP contribution in [0.2, 0.25) is 5.15 Å². The smallest absolute Gasteiger partial charge is 0.269 e. The molecule has 0 radical (unpaired) electrons. The van der Waals surface area contributed by atoms with Gasteiger partial charge in [-0.1, -0.05) is 23.4 Å². The van der Waals surface area contributed by atoms with E-state index in [0.29, 0.717) is 62.4 Å². The van der Waals surface area contributed by atoms with E-state index in [1.165, 1.54) is 48.2 Å². The second kappa shape index (κ2) is 12.9. The number of rotatable bonds is 7. The number of nitro groups is 1. The number of nitro benzene ring substituents is 1. The number of thioether (sulfide) groups is 1. The molecule has 14 heteroatoms. The zero-order valence-corrected chi connectivity index (χ0v) is 24.4. The first-order valence-corrected chi connectivity index (χ1v) is 14.8. The molecule has 42 heavy (non-hydrogen) atoms. The molecule has 1 aromatic heterocycles. The van der Waals surface area contributed by atoms with Crippen LogP contribution in [0.4, 0.5) is 21.6 Å². The molecule has 2 aromatic carbocycles. The molecule has 0 spiro atoms. The van der Waals surface area contributed by atoms with Gasteiger partial charge in [0.25, 0.3) is 11.6 Å². The molecule has 0 N–H and O–H groups in total. The topological polar surface area (TPSA) is 116 Å². The lowest BCUT2D eigenvalue weighted by Gasteiger charge is -2.40. The fourth-order valence-corrected chi connectivity index (χ4v) is 6.04. The summed E-state index contributed by atoms with van der Waals surface area (Å²) in [5, 5.41) is 11.6. The Morgan fingerprint density at radius 2 is 1.67 bits per heavy atom. The number of anilines is 2. The van der Waals surface area contributed by atoms with Gasteiger partial charge in [0.1, 0.15) is 16.8 Å². The molecular formula is C28H29ClFN7O4S. The molecule has 0 aliphatic carbocycles. The van der Waals surface area contributed by atoms with Gasteiger partial charge in [-0.25, -0.2) is 14.4 Å². The Balaban J connectivity index is 1.13. The van der Waals surface area contributed by atoms with Crippen LogP contribution >= 0.6 is 23.4 Å². The molecule has 0 bridgehead atoms. The van der Waals surface area contributed by atoms with E-state index in [1.807, 2.05) is 11.8 Å². The second-order valence-electron chi connectivity index (χ2n) is 10.1. The highest BCUT2D eigenvalue weighted by molar-refractivity contribution is 7.99. The number of amides is 2. The minimum Gasteiger partial charge on any atom is -0.368 e. The van der Waals surface area contributed by atoms with Crippen LogP contribution in [0.1, 0.15) is 17.3 Å². The van der Waals surface area contributed by atoms with Gasteiger partial charge in [-0.2, -0.15) is 0 Å². The van der Waals surface area contributed by atoms with Crippen molar-refractivity contribution in [3.8, 4) is 0 Å². The van der Waals surface area contributed by atoms with Crippen molar-refractivity contribution in [2.45, 2.75) is 18.1 Å². The quantitative estimate of drug-likeness (QED) is 0.128. The van der Waals surface area contributed by atoms with Gasteiger partial charge in [-0.15, -0.1) is 0 Å².